The van der Waals surface area contributed by atoms with Crippen LogP contribution >= 0.6 is 0 Å². The first-order valence-electron chi connectivity index (χ1n) is 12.1. The first kappa shape index (κ1) is 23.0. The van der Waals surface area contributed by atoms with Gasteiger partial charge in [0.25, 0.3) is 0 Å². The minimum absolute atomic E-state index is 0.237. The van der Waals surface area contributed by atoms with Gasteiger partial charge >= 0.3 is 6.09 Å². The first-order chi connectivity index (χ1) is 16.8. The molecule has 0 spiro atoms. The second-order valence-corrected chi connectivity index (χ2v) is 10.6. The minimum atomic E-state index is -0.469. The molecule has 2 aromatic heterocycles. The number of amides is 1. The fourth-order valence-electron chi connectivity index (χ4n) is 4.68. The number of allylic oxidation sites excluding steroid dienone is 2. The van der Waals surface area contributed by atoms with E-state index in [2.05, 4.69) is 28.3 Å². The van der Waals surface area contributed by atoms with Crippen LogP contribution in [0.3, 0.4) is 0 Å². The molecule has 180 valence electrons. The third kappa shape index (κ3) is 5.19. The topological polar surface area (TPSA) is 96.9 Å². The van der Waals surface area contributed by atoms with Crippen LogP contribution < -0.4 is 0 Å². The highest BCUT2D eigenvalue weighted by atomic mass is 16.6. The van der Waals surface area contributed by atoms with Crippen molar-refractivity contribution >= 4 is 17.1 Å². The van der Waals surface area contributed by atoms with Crippen molar-refractivity contribution in [2.24, 2.45) is 11.8 Å². The van der Waals surface area contributed by atoms with E-state index in [1.54, 1.807) is 17.2 Å². The van der Waals surface area contributed by atoms with Gasteiger partial charge in [0.15, 0.2) is 0 Å². The number of ether oxygens (including phenoxy) is 1. The molecule has 0 atom stereocenters. The summed E-state index contributed by atoms with van der Waals surface area (Å²) >= 11 is 0. The number of likely N-dealkylation sites (tertiary alicyclic amines) is 1. The van der Waals surface area contributed by atoms with Gasteiger partial charge in [-0.15, -0.1) is 0 Å². The summed E-state index contributed by atoms with van der Waals surface area (Å²) in [6.07, 6.45) is 11.9. The fraction of sp³-hybridized carbons (Fsp3) is 0.444. The van der Waals surface area contributed by atoms with E-state index in [1.807, 2.05) is 50.0 Å². The zero-order valence-corrected chi connectivity index (χ0v) is 20.4. The molecule has 0 radical (unpaired) electrons. The average molecular weight is 471 g/mol. The normalized spacial score (nSPS) is 20.5. The Morgan fingerprint density at radius 2 is 2.03 bits per heavy atom. The molecule has 1 saturated heterocycles. The summed E-state index contributed by atoms with van der Waals surface area (Å²) in [5.41, 5.74) is 4.21. The van der Waals surface area contributed by atoms with Crippen molar-refractivity contribution in [2.75, 3.05) is 13.1 Å². The van der Waals surface area contributed by atoms with Crippen molar-refractivity contribution < 1.29 is 9.53 Å². The average Bonchev–Trinajstić information content (AvgIpc) is 3.23. The van der Waals surface area contributed by atoms with Crippen molar-refractivity contribution in [3.8, 4) is 17.3 Å². The molecular formula is C27H30N6O2. The lowest BCUT2D eigenvalue weighted by atomic mass is 9.80. The van der Waals surface area contributed by atoms with Gasteiger partial charge in [-0.05, 0) is 69.6 Å². The van der Waals surface area contributed by atoms with Crippen LogP contribution in [0.2, 0.25) is 0 Å². The van der Waals surface area contributed by atoms with E-state index in [0.29, 0.717) is 31.0 Å². The lowest BCUT2D eigenvalue weighted by Crippen LogP contribution is -2.52. The lowest BCUT2D eigenvalue weighted by molar-refractivity contribution is -0.000878. The number of aromatic nitrogens is 4. The molecule has 1 saturated carbocycles. The molecule has 2 aliphatic rings. The van der Waals surface area contributed by atoms with Crippen molar-refractivity contribution in [3.05, 3.63) is 54.5 Å². The Morgan fingerprint density at radius 1 is 1.23 bits per heavy atom. The van der Waals surface area contributed by atoms with Crippen LogP contribution in [0, 0.1) is 23.2 Å². The van der Waals surface area contributed by atoms with Crippen molar-refractivity contribution in [3.63, 3.8) is 0 Å². The third-order valence-corrected chi connectivity index (χ3v) is 6.60. The zero-order chi connectivity index (χ0) is 24.6. The van der Waals surface area contributed by atoms with Gasteiger partial charge in [0.1, 0.15) is 5.60 Å². The molecule has 5 rings (SSSR count). The molecule has 1 aliphatic carbocycles. The molecule has 0 bridgehead atoms. The predicted molar refractivity (Wildman–Crippen MR) is 132 cm³/mol. The van der Waals surface area contributed by atoms with Crippen LogP contribution in [0.5, 0.6) is 0 Å². The number of hydrogen-bond acceptors (Lipinski definition) is 6. The Hall–Kier alpha value is -3.73. The highest BCUT2D eigenvalue weighted by Crippen LogP contribution is 2.38. The number of carbonyl (C=O) groups excluding carboxylic acids is 1. The smallest absolute Gasteiger partial charge is 0.410 e. The van der Waals surface area contributed by atoms with Gasteiger partial charge in [0.05, 0.1) is 41.2 Å². The highest BCUT2D eigenvalue weighted by molar-refractivity contribution is 5.77. The first-order valence-corrected chi connectivity index (χ1v) is 12.1. The highest BCUT2D eigenvalue weighted by Gasteiger charge is 2.33. The van der Waals surface area contributed by atoms with Crippen LogP contribution in [-0.4, -0.2) is 49.4 Å². The van der Waals surface area contributed by atoms with Gasteiger partial charge in [-0.25, -0.2) is 9.78 Å². The fourth-order valence-corrected chi connectivity index (χ4v) is 4.68. The van der Waals surface area contributed by atoms with E-state index in [-0.39, 0.29) is 6.09 Å². The zero-order valence-electron chi connectivity index (χ0n) is 20.4. The maximum atomic E-state index is 12.2. The SMILES string of the molecule is CC(C)(C)OC(=O)N1CC(Cc2ccc3ncc(-c4cnn(C5CC(/C=C/C#N)C5)c4)nc3c2)C1. The Labute approximate surface area is 205 Å². The van der Waals surface area contributed by atoms with E-state index in [0.717, 1.165) is 41.6 Å². The Kier molecular flexibility index (Phi) is 6.01. The van der Waals surface area contributed by atoms with Crippen LogP contribution in [0.4, 0.5) is 4.79 Å². The summed E-state index contributed by atoms with van der Waals surface area (Å²) < 4.78 is 7.45. The van der Waals surface area contributed by atoms with Crippen molar-refractivity contribution in [1.82, 2.24) is 24.6 Å². The molecule has 1 amide bonds. The number of nitriles is 1. The summed E-state index contributed by atoms with van der Waals surface area (Å²) in [6.45, 7) is 7.09. The molecule has 8 heteroatoms. The Balaban J connectivity index is 1.22. The molecular weight excluding hydrogens is 440 g/mol. The van der Waals surface area contributed by atoms with E-state index >= 15 is 0 Å². The lowest BCUT2D eigenvalue weighted by Gasteiger charge is -2.39. The molecule has 3 aromatic rings. The van der Waals surface area contributed by atoms with E-state index in [4.69, 9.17) is 15.0 Å². The maximum Gasteiger partial charge on any atom is 0.410 e. The second kappa shape index (κ2) is 9.14. The largest absolute Gasteiger partial charge is 0.444 e. The summed E-state index contributed by atoms with van der Waals surface area (Å²) in [7, 11) is 0. The van der Waals surface area contributed by atoms with Crippen LogP contribution in [-0.2, 0) is 11.2 Å². The monoisotopic (exact) mass is 470 g/mol. The summed E-state index contributed by atoms with van der Waals surface area (Å²) in [6, 6.07) is 8.63. The van der Waals surface area contributed by atoms with E-state index in [9.17, 15) is 4.79 Å². The van der Waals surface area contributed by atoms with E-state index < -0.39 is 5.60 Å². The number of carbonyl (C=O) groups is 1. The van der Waals surface area contributed by atoms with Gasteiger partial charge < -0.3 is 9.64 Å². The molecule has 8 nitrogen and oxygen atoms in total. The summed E-state index contributed by atoms with van der Waals surface area (Å²) in [5, 5.41) is 13.2. The predicted octanol–water partition coefficient (Wildman–Crippen LogP) is 4.93. The summed E-state index contributed by atoms with van der Waals surface area (Å²) in [5.74, 6) is 0.877. The standard InChI is InChI=1S/C27H30N6O2/c1-27(2,3)35-26(34)32-15-20(16-32)9-19-6-7-23-24(12-19)31-25(14-29-23)21-13-30-33(17-21)22-10-18(11-22)5-4-8-28/h4-7,12-14,17-18,20,22H,9-11,15-16H2,1-3H3/b5-4+. The van der Waals surface area contributed by atoms with Gasteiger partial charge in [-0.3, -0.25) is 9.67 Å². The molecule has 0 unspecified atom stereocenters. The number of nitrogens with zero attached hydrogens (tertiary/aromatic N) is 6. The van der Waals surface area contributed by atoms with Gasteiger partial charge in [0.2, 0.25) is 0 Å². The number of hydrogen-bond donors (Lipinski definition) is 0. The van der Waals surface area contributed by atoms with Crippen molar-refractivity contribution in [2.45, 2.75) is 51.7 Å². The molecule has 1 aromatic carbocycles. The van der Waals surface area contributed by atoms with E-state index in [1.165, 1.54) is 5.56 Å². The van der Waals surface area contributed by atoms with Crippen LogP contribution in [0.25, 0.3) is 22.3 Å². The quantitative estimate of drug-likeness (QED) is 0.490. The number of rotatable bonds is 5. The maximum absolute atomic E-state index is 12.2. The van der Waals surface area contributed by atoms with Gasteiger partial charge in [-0.2, -0.15) is 10.4 Å². The number of fused-ring (bicyclic) bond motifs is 1. The second-order valence-electron chi connectivity index (χ2n) is 10.6. The third-order valence-electron chi connectivity index (χ3n) is 6.60. The summed E-state index contributed by atoms with van der Waals surface area (Å²) in [4.78, 5) is 23.4. The molecule has 35 heavy (non-hydrogen) atoms. The molecule has 0 N–H and O–H groups in total. The van der Waals surface area contributed by atoms with Crippen molar-refractivity contribution in [1.29, 1.82) is 5.26 Å². The Morgan fingerprint density at radius 3 is 2.77 bits per heavy atom. The van der Waals surface area contributed by atoms with Crippen LogP contribution in [0.15, 0.2) is 48.9 Å². The van der Waals surface area contributed by atoms with Crippen LogP contribution in [0.1, 0.15) is 45.2 Å². The van der Waals surface area contributed by atoms with Gasteiger partial charge in [0, 0.05) is 30.9 Å². The molecule has 2 fully saturated rings. The molecule has 3 heterocycles. The molecule has 1 aliphatic heterocycles. The number of benzene rings is 1. The minimum Gasteiger partial charge on any atom is -0.444 e. The Bertz CT molecular complexity index is 1300. The van der Waals surface area contributed by atoms with Gasteiger partial charge in [-0.1, -0.05) is 12.1 Å².